The Morgan fingerprint density at radius 1 is 1.29 bits per heavy atom. The van der Waals surface area contributed by atoms with Crippen molar-refractivity contribution in [1.29, 1.82) is 0 Å². The van der Waals surface area contributed by atoms with Gasteiger partial charge in [-0.1, -0.05) is 6.42 Å². The summed E-state index contributed by atoms with van der Waals surface area (Å²) in [5.41, 5.74) is 0. The van der Waals surface area contributed by atoms with Gasteiger partial charge in [-0.25, -0.2) is 17.5 Å². The average Bonchev–Trinajstić information content (AvgIpc) is 2.18. The standard InChI is InChI=1S/C7H13NO5S/c9-7(13-10)6-14(11,12)8-4-2-1-3-5-8/h10H,1-6H2. The van der Waals surface area contributed by atoms with Crippen molar-refractivity contribution >= 4 is 16.0 Å². The first kappa shape index (κ1) is 11.4. The third-order valence-electron chi connectivity index (χ3n) is 2.11. The Morgan fingerprint density at radius 2 is 1.86 bits per heavy atom. The normalized spacial score (nSPS) is 19.2. The molecule has 82 valence electrons. The van der Waals surface area contributed by atoms with Crippen LogP contribution in [0.4, 0.5) is 0 Å². The van der Waals surface area contributed by atoms with Gasteiger partial charge in [-0.3, -0.25) is 4.89 Å². The minimum absolute atomic E-state index is 0.445. The van der Waals surface area contributed by atoms with Crippen molar-refractivity contribution in [1.82, 2.24) is 4.31 Å². The third-order valence-corrected chi connectivity index (χ3v) is 3.86. The van der Waals surface area contributed by atoms with Crippen molar-refractivity contribution in [2.45, 2.75) is 19.3 Å². The lowest BCUT2D eigenvalue weighted by Crippen LogP contribution is -2.39. The predicted molar refractivity (Wildman–Crippen MR) is 47.9 cm³/mol. The molecule has 0 atom stereocenters. The van der Waals surface area contributed by atoms with Gasteiger partial charge in [-0.05, 0) is 12.8 Å². The molecule has 7 heteroatoms. The molecule has 1 fully saturated rings. The van der Waals surface area contributed by atoms with E-state index in [1.54, 1.807) is 0 Å². The van der Waals surface area contributed by atoms with Crippen molar-refractivity contribution in [2.75, 3.05) is 18.8 Å². The quantitative estimate of drug-likeness (QED) is 0.530. The molecule has 0 radical (unpaired) electrons. The summed E-state index contributed by atoms with van der Waals surface area (Å²) >= 11 is 0. The van der Waals surface area contributed by atoms with Crippen LogP contribution in [0.3, 0.4) is 0 Å². The van der Waals surface area contributed by atoms with Crippen LogP contribution in [-0.2, 0) is 19.7 Å². The van der Waals surface area contributed by atoms with Gasteiger partial charge in [0.2, 0.25) is 10.0 Å². The van der Waals surface area contributed by atoms with E-state index in [0.717, 1.165) is 19.3 Å². The van der Waals surface area contributed by atoms with Crippen LogP contribution < -0.4 is 0 Å². The highest BCUT2D eigenvalue weighted by molar-refractivity contribution is 7.89. The molecule has 0 aromatic carbocycles. The van der Waals surface area contributed by atoms with E-state index in [2.05, 4.69) is 4.89 Å². The Balaban J connectivity index is 2.59. The number of hydrogen-bond acceptors (Lipinski definition) is 5. The molecular weight excluding hydrogens is 210 g/mol. The Bertz CT molecular complexity index is 293. The fourth-order valence-electron chi connectivity index (χ4n) is 1.41. The first-order valence-corrected chi connectivity index (χ1v) is 5.99. The molecule has 0 saturated carbocycles. The fraction of sp³-hybridized carbons (Fsp3) is 0.857. The van der Waals surface area contributed by atoms with Gasteiger partial charge in [0.25, 0.3) is 0 Å². The lowest BCUT2D eigenvalue weighted by atomic mass is 10.2. The molecular formula is C7H13NO5S. The van der Waals surface area contributed by atoms with Crippen LogP contribution in [0.15, 0.2) is 0 Å². The molecule has 1 rings (SSSR count). The molecule has 1 N–H and O–H groups in total. The van der Waals surface area contributed by atoms with Crippen LogP contribution in [0.5, 0.6) is 0 Å². The van der Waals surface area contributed by atoms with E-state index in [4.69, 9.17) is 5.26 Å². The Labute approximate surface area is 82.4 Å². The van der Waals surface area contributed by atoms with E-state index in [1.165, 1.54) is 4.31 Å². The molecule has 1 saturated heterocycles. The highest BCUT2D eigenvalue weighted by Crippen LogP contribution is 2.13. The minimum atomic E-state index is -3.60. The van der Waals surface area contributed by atoms with E-state index in [-0.39, 0.29) is 0 Å². The molecule has 0 aromatic rings. The lowest BCUT2D eigenvalue weighted by Gasteiger charge is -2.24. The molecule has 0 aromatic heterocycles. The zero-order chi connectivity index (χ0) is 10.6. The summed E-state index contributed by atoms with van der Waals surface area (Å²) < 4.78 is 24.2. The van der Waals surface area contributed by atoms with Crippen LogP contribution in [0.25, 0.3) is 0 Å². The van der Waals surface area contributed by atoms with E-state index >= 15 is 0 Å². The van der Waals surface area contributed by atoms with Gasteiger partial charge in [0.15, 0.2) is 5.75 Å². The molecule has 0 unspecified atom stereocenters. The number of rotatable bonds is 3. The van der Waals surface area contributed by atoms with Gasteiger partial charge in [0.1, 0.15) is 0 Å². The van der Waals surface area contributed by atoms with Crippen molar-refractivity contribution in [3.63, 3.8) is 0 Å². The van der Waals surface area contributed by atoms with Gasteiger partial charge in [0, 0.05) is 13.1 Å². The highest BCUT2D eigenvalue weighted by Gasteiger charge is 2.27. The van der Waals surface area contributed by atoms with Crippen LogP contribution >= 0.6 is 0 Å². The average molecular weight is 223 g/mol. The molecule has 1 aliphatic heterocycles. The van der Waals surface area contributed by atoms with Crippen LogP contribution in [0.2, 0.25) is 0 Å². The van der Waals surface area contributed by atoms with Crippen molar-refractivity contribution < 1.29 is 23.4 Å². The topological polar surface area (TPSA) is 83.9 Å². The molecule has 1 heterocycles. The van der Waals surface area contributed by atoms with Gasteiger partial charge >= 0.3 is 5.97 Å². The van der Waals surface area contributed by atoms with E-state index < -0.39 is 21.7 Å². The maximum Gasteiger partial charge on any atom is 0.358 e. The second-order valence-corrected chi connectivity index (χ2v) is 5.15. The molecule has 0 spiro atoms. The maximum absolute atomic E-state index is 11.5. The van der Waals surface area contributed by atoms with E-state index in [1.807, 2.05) is 0 Å². The van der Waals surface area contributed by atoms with Crippen LogP contribution in [0.1, 0.15) is 19.3 Å². The number of carbonyl (C=O) groups is 1. The second kappa shape index (κ2) is 4.72. The van der Waals surface area contributed by atoms with Gasteiger partial charge in [0.05, 0.1) is 0 Å². The number of hydrogen-bond donors (Lipinski definition) is 1. The van der Waals surface area contributed by atoms with E-state index in [0.29, 0.717) is 13.1 Å². The Morgan fingerprint density at radius 3 is 2.36 bits per heavy atom. The van der Waals surface area contributed by atoms with Crippen LogP contribution in [0, 0.1) is 0 Å². The third kappa shape index (κ3) is 2.93. The molecule has 0 bridgehead atoms. The highest BCUT2D eigenvalue weighted by atomic mass is 32.2. The first-order chi connectivity index (χ1) is 6.56. The monoisotopic (exact) mass is 223 g/mol. The second-order valence-electron chi connectivity index (χ2n) is 3.18. The first-order valence-electron chi connectivity index (χ1n) is 4.38. The van der Waals surface area contributed by atoms with Gasteiger partial charge < -0.3 is 0 Å². The van der Waals surface area contributed by atoms with Crippen molar-refractivity contribution in [2.24, 2.45) is 0 Å². The zero-order valence-electron chi connectivity index (χ0n) is 7.68. The number of nitrogens with zero attached hydrogens (tertiary/aromatic N) is 1. The van der Waals surface area contributed by atoms with Crippen molar-refractivity contribution in [3.8, 4) is 0 Å². The summed E-state index contributed by atoms with van der Waals surface area (Å²) in [7, 11) is -3.60. The minimum Gasteiger partial charge on any atom is -0.300 e. The van der Waals surface area contributed by atoms with Gasteiger partial charge in [-0.2, -0.15) is 5.26 Å². The molecule has 1 aliphatic rings. The summed E-state index contributed by atoms with van der Waals surface area (Å²) in [6.07, 6.45) is 2.64. The summed E-state index contributed by atoms with van der Waals surface area (Å²) in [6.45, 7) is 0.891. The molecule has 6 nitrogen and oxygen atoms in total. The predicted octanol–water partition coefficient (Wildman–Crippen LogP) is -0.182. The summed E-state index contributed by atoms with van der Waals surface area (Å²) in [4.78, 5) is 13.9. The maximum atomic E-state index is 11.5. The largest absolute Gasteiger partial charge is 0.358 e. The van der Waals surface area contributed by atoms with Gasteiger partial charge in [-0.15, -0.1) is 0 Å². The number of piperidine rings is 1. The Hall–Kier alpha value is -0.660. The summed E-state index contributed by atoms with van der Waals surface area (Å²) in [6, 6.07) is 0. The smallest absolute Gasteiger partial charge is 0.300 e. The molecule has 0 amide bonds. The lowest BCUT2D eigenvalue weighted by molar-refractivity contribution is -0.231. The molecule has 0 aliphatic carbocycles. The fourth-order valence-corrected chi connectivity index (χ4v) is 2.76. The summed E-state index contributed by atoms with van der Waals surface area (Å²) in [5.74, 6) is -1.93. The zero-order valence-corrected chi connectivity index (χ0v) is 8.49. The molecule has 14 heavy (non-hydrogen) atoms. The SMILES string of the molecule is O=C(CS(=O)(=O)N1CCCCC1)OO. The van der Waals surface area contributed by atoms with Crippen LogP contribution in [-0.4, -0.2) is 42.8 Å². The van der Waals surface area contributed by atoms with Crippen molar-refractivity contribution in [3.05, 3.63) is 0 Å². The Kier molecular flexibility index (Phi) is 3.85. The van der Waals surface area contributed by atoms with E-state index in [9.17, 15) is 13.2 Å². The number of sulfonamides is 1. The summed E-state index contributed by atoms with van der Waals surface area (Å²) in [5, 5.41) is 7.96. The number of carbonyl (C=O) groups excluding carboxylic acids is 1.